The van der Waals surface area contributed by atoms with Gasteiger partial charge in [0.25, 0.3) is 5.91 Å². The molecule has 202 valence electrons. The van der Waals surface area contributed by atoms with Crippen LogP contribution >= 0.6 is 11.3 Å². The number of benzene rings is 1. The van der Waals surface area contributed by atoms with Crippen LogP contribution in [0.2, 0.25) is 0 Å². The Morgan fingerprint density at radius 1 is 1.08 bits per heavy atom. The molecule has 0 saturated heterocycles. The van der Waals surface area contributed by atoms with Gasteiger partial charge in [0.05, 0.1) is 12.8 Å². The number of carbonyl (C=O) groups excluding carboxylic acids is 3. The highest BCUT2D eigenvalue weighted by atomic mass is 32.1. The number of aromatic nitrogens is 2. The minimum Gasteiger partial charge on any atom is -0.464 e. The molecule has 3 rings (SSSR count). The highest BCUT2D eigenvalue weighted by Gasteiger charge is 2.31. The van der Waals surface area contributed by atoms with Crippen molar-refractivity contribution in [1.82, 2.24) is 14.9 Å². The lowest BCUT2D eigenvalue weighted by Crippen LogP contribution is -2.29. The molecular weight excluding hydrogens is 529 g/mol. The molecule has 0 atom stereocenters. The molecule has 2 heterocycles. The average molecular weight is 553 g/mol. The number of halogens is 3. The third kappa shape index (κ3) is 7.98. The second kappa shape index (κ2) is 13.0. The molecule has 0 aliphatic heterocycles. The van der Waals surface area contributed by atoms with Gasteiger partial charge in [0.1, 0.15) is 23.7 Å². The van der Waals surface area contributed by atoms with E-state index < -0.39 is 18.2 Å². The fraction of sp³-hybridized carbons (Fsp3) is 0.292. The van der Waals surface area contributed by atoms with Crippen molar-refractivity contribution in [1.29, 1.82) is 0 Å². The molecule has 38 heavy (non-hydrogen) atoms. The van der Waals surface area contributed by atoms with E-state index in [0.29, 0.717) is 30.8 Å². The minimum atomic E-state index is -4.82. The van der Waals surface area contributed by atoms with Crippen molar-refractivity contribution in [2.45, 2.75) is 19.3 Å². The van der Waals surface area contributed by atoms with Gasteiger partial charge in [-0.2, -0.15) is 4.99 Å². The molecule has 10 nitrogen and oxygen atoms in total. The number of hydrogen-bond donors (Lipinski definition) is 1. The van der Waals surface area contributed by atoms with Crippen LogP contribution in [-0.4, -0.2) is 61.1 Å². The first-order valence-electron chi connectivity index (χ1n) is 11.1. The zero-order chi connectivity index (χ0) is 27.7. The number of rotatable bonds is 10. The number of amides is 2. The maximum absolute atomic E-state index is 12.9. The van der Waals surface area contributed by atoms with Gasteiger partial charge in [0.15, 0.2) is 4.80 Å². The monoisotopic (exact) mass is 552 g/mol. The van der Waals surface area contributed by atoms with Crippen LogP contribution in [0.3, 0.4) is 0 Å². The summed E-state index contributed by atoms with van der Waals surface area (Å²) >= 11 is 1.13. The summed E-state index contributed by atoms with van der Waals surface area (Å²) in [5, 5.41) is 4.40. The van der Waals surface area contributed by atoms with Crippen molar-refractivity contribution in [3.63, 3.8) is 0 Å². The Bertz CT molecular complexity index is 1350. The number of alkyl halides is 3. The topological polar surface area (TPSA) is 121 Å². The molecule has 2 amide bonds. The van der Waals surface area contributed by atoms with E-state index in [0.717, 1.165) is 11.3 Å². The molecular formula is C24H23F3N4O6S. The van der Waals surface area contributed by atoms with Gasteiger partial charge in [0, 0.05) is 25.6 Å². The van der Waals surface area contributed by atoms with Crippen LogP contribution in [0.5, 0.6) is 5.75 Å². The zero-order valence-corrected chi connectivity index (χ0v) is 21.1. The van der Waals surface area contributed by atoms with Crippen LogP contribution < -0.4 is 14.9 Å². The summed E-state index contributed by atoms with van der Waals surface area (Å²) < 4.78 is 52.6. The summed E-state index contributed by atoms with van der Waals surface area (Å²) in [6.45, 7) is 0.531. The van der Waals surface area contributed by atoms with Gasteiger partial charge in [-0.05, 0) is 48.4 Å². The summed E-state index contributed by atoms with van der Waals surface area (Å²) in [5.74, 6) is -2.08. The smallest absolute Gasteiger partial charge is 0.464 e. The second-order valence-corrected chi connectivity index (χ2v) is 8.42. The van der Waals surface area contributed by atoms with Crippen molar-refractivity contribution in [3.05, 3.63) is 64.0 Å². The summed E-state index contributed by atoms with van der Waals surface area (Å²) in [6.07, 6.45) is -4.37. The van der Waals surface area contributed by atoms with E-state index in [4.69, 9.17) is 4.74 Å². The van der Waals surface area contributed by atoms with E-state index >= 15 is 0 Å². The zero-order valence-electron chi connectivity index (χ0n) is 20.3. The largest absolute Gasteiger partial charge is 0.573 e. The number of thiazole rings is 1. The summed E-state index contributed by atoms with van der Waals surface area (Å²) in [7, 11) is 2.59. The number of esters is 1. The van der Waals surface area contributed by atoms with Gasteiger partial charge in [-0.1, -0.05) is 6.07 Å². The molecule has 0 aliphatic carbocycles. The van der Waals surface area contributed by atoms with Gasteiger partial charge in [-0.15, -0.1) is 24.5 Å². The van der Waals surface area contributed by atoms with Gasteiger partial charge in [-0.3, -0.25) is 9.59 Å². The fourth-order valence-electron chi connectivity index (χ4n) is 3.26. The molecule has 14 heteroatoms. The SMILES string of the molecule is COCC(=O)NCCCn1c(-c2ccc(OC(F)(F)F)cc2)csc1=NC(=O)c1cccc(C(=O)OC)n1. The molecule has 0 spiro atoms. The Morgan fingerprint density at radius 3 is 2.45 bits per heavy atom. The third-order valence-electron chi connectivity index (χ3n) is 4.90. The Kier molecular flexibility index (Phi) is 9.73. The molecule has 3 aromatic rings. The van der Waals surface area contributed by atoms with E-state index in [1.165, 1.54) is 56.7 Å². The molecule has 1 N–H and O–H groups in total. The third-order valence-corrected chi connectivity index (χ3v) is 5.76. The lowest BCUT2D eigenvalue weighted by atomic mass is 10.1. The van der Waals surface area contributed by atoms with Crippen LogP contribution in [0.1, 0.15) is 27.4 Å². The number of pyridine rings is 1. The normalized spacial score (nSPS) is 11.8. The number of methoxy groups -OCH3 is 2. The van der Waals surface area contributed by atoms with Crippen LogP contribution in [0, 0.1) is 0 Å². The molecule has 1 aromatic carbocycles. The Balaban J connectivity index is 1.92. The number of carbonyl (C=O) groups is 3. The number of nitrogens with zero attached hydrogens (tertiary/aromatic N) is 3. The van der Waals surface area contributed by atoms with E-state index in [9.17, 15) is 27.6 Å². The fourth-order valence-corrected chi connectivity index (χ4v) is 4.19. The maximum Gasteiger partial charge on any atom is 0.573 e. The lowest BCUT2D eigenvalue weighted by molar-refractivity contribution is -0.274. The standard InChI is InChI=1S/C24H23F3N4O6S/c1-35-13-20(32)28-11-4-12-31-19(15-7-9-16(10-8-15)37-24(25,26)27)14-38-23(31)30-21(33)17-5-3-6-18(29-17)22(34)36-2/h3,5-10,14H,4,11-13H2,1-2H3,(H,28,32). The minimum absolute atomic E-state index is 0.0544. The molecule has 2 aromatic heterocycles. The maximum atomic E-state index is 12.9. The van der Waals surface area contributed by atoms with Crippen molar-refractivity contribution >= 4 is 29.1 Å². The summed E-state index contributed by atoms with van der Waals surface area (Å²) in [5.41, 5.74) is 1.01. The molecule has 0 unspecified atom stereocenters. The first kappa shape index (κ1) is 28.5. The van der Waals surface area contributed by atoms with E-state index in [1.807, 2.05) is 0 Å². The van der Waals surface area contributed by atoms with E-state index in [-0.39, 0.29) is 34.5 Å². The van der Waals surface area contributed by atoms with Crippen molar-refractivity contribution in [3.8, 4) is 17.0 Å². The average Bonchev–Trinajstić information content (AvgIpc) is 3.28. The summed E-state index contributed by atoms with van der Waals surface area (Å²) in [4.78, 5) is 44.7. The molecule has 0 fully saturated rings. The first-order valence-corrected chi connectivity index (χ1v) is 11.9. The Labute approximate surface area is 218 Å². The predicted molar refractivity (Wildman–Crippen MR) is 129 cm³/mol. The van der Waals surface area contributed by atoms with Crippen LogP contribution in [0.15, 0.2) is 52.8 Å². The van der Waals surface area contributed by atoms with Crippen LogP contribution in [0.4, 0.5) is 13.2 Å². The lowest BCUT2D eigenvalue weighted by Gasteiger charge is -2.12. The predicted octanol–water partition coefficient (Wildman–Crippen LogP) is 3.19. The van der Waals surface area contributed by atoms with E-state index in [2.05, 4.69) is 24.8 Å². The number of nitrogens with one attached hydrogen (secondary N) is 1. The molecule has 0 radical (unpaired) electrons. The van der Waals surface area contributed by atoms with Crippen molar-refractivity contribution < 1.29 is 41.8 Å². The first-order chi connectivity index (χ1) is 18.1. The molecule has 0 aliphatic rings. The summed E-state index contributed by atoms with van der Waals surface area (Å²) in [6, 6.07) is 9.54. The highest BCUT2D eigenvalue weighted by Crippen LogP contribution is 2.27. The number of hydrogen-bond acceptors (Lipinski definition) is 8. The highest BCUT2D eigenvalue weighted by molar-refractivity contribution is 7.07. The van der Waals surface area contributed by atoms with Gasteiger partial charge in [-0.25, -0.2) is 9.78 Å². The van der Waals surface area contributed by atoms with Crippen LogP contribution in [-0.2, 0) is 20.8 Å². The quantitative estimate of drug-likeness (QED) is 0.303. The number of ether oxygens (including phenoxy) is 3. The van der Waals surface area contributed by atoms with Crippen molar-refractivity contribution in [2.75, 3.05) is 27.4 Å². The van der Waals surface area contributed by atoms with Crippen LogP contribution in [0.25, 0.3) is 11.3 Å². The second-order valence-electron chi connectivity index (χ2n) is 7.58. The molecule has 0 saturated carbocycles. The molecule has 0 bridgehead atoms. The van der Waals surface area contributed by atoms with E-state index in [1.54, 1.807) is 9.95 Å². The van der Waals surface area contributed by atoms with Gasteiger partial charge < -0.3 is 24.1 Å². The van der Waals surface area contributed by atoms with Gasteiger partial charge >= 0.3 is 12.3 Å². The Morgan fingerprint density at radius 2 is 1.79 bits per heavy atom. The Hall–Kier alpha value is -4.04. The van der Waals surface area contributed by atoms with Crippen molar-refractivity contribution in [2.24, 2.45) is 4.99 Å². The van der Waals surface area contributed by atoms with Gasteiger partial charge in [0.2, 0.25) is 5.91 Å².